The standard InChI is InChI=1S/C28H29F3N6O2/c1-19-3-7-23(14-25(19)35-26(38)8-4-20-15-32-18-33-16-20)34-27(39)21-5-6-22(24(13-21)28(29,30)31)17-37-11-9-36(2)10-12-37/h3-8,13-16,18H,9-12,17H2,1-2H3,(H,34,39)(H,35,38). The Morgan fingerprint density at radius 3 is 2.41 bits per heavy atom. The lowest BCUT2D eigenvalue weighted by Crippen LogP contribution is -2.44. The predicted octanol–water partition coefficient (Wildman–Crippen LogP) is 4.46. The summed E-state index contributed by atoms with van der Waals surface area (Å²) < 4.78 is 41.7. The van der Waals surface area contributed by atoms with Crippen molar-refractivity contribution in [2.45, 2.75) is 19.6 Å². The van der Waals surface area contributed by atoms with E-state index in [-0.39, 0.29) is 17.7 Å². The molecule has 2 aromatic carbocycles. The van der Waals surface area contributed by atoms with E-state index in [1.807, 2.05) is 11.9 Å². The van der Waals surface area contributed by atoms with Gasteiger partial charge in [-0.15, -0.1) is 0 Å². The summed E-state index contributed by atoms with van der Waals surface area (Å²) in [5.74, 6) is -1.09. The molecule has 0 atom stereocenters. The highest BCUT2D eigenvalue weighted by atomic mass is 19.4. The number of carbonyl (C=O) groups excluding carboxylic acids is 2. The summed E-state index contributed by atoms with van der Waals surface area (Å²) in [6.07, 6.45) is 2.78. The molecule has 0 saturated carbocycles. The zero-order valence-electron chi connectivity index (χ0n) is 21.6. The van der Waals surface area contributed by atoms with Crippen molar-refractivity contribution in [1.82, 2.24) is 19.8 Å². The highest BCUT2D eigenvalue weighted by Gasteiger charge is 2.34. The predicted molar refractivity (Wildman–Crippen MR) is 143 cm³/mol. The molecule has 0 aliphatic carbocycles. The molecule has 1 fully saturated rings. The topological polar surface area (TPSA) is 90.5 Å². The van der Waals surface area contributed by atoms with Crippen molar-refractivity contribution in [1.29, 1.82) is 0 Å². The first kappa shape index (κ1) is 27.9. The van der Waals surface area contributed by atoms with Gasteiger partial charge in [0.1, 0.15) is 6.33 Å². The SMILES string of the molecule is Cc1ccc(NC(=O)c2ccc(CN3CCN(C)CC3)c(C(F)(F)F)c2)cc1NC(=O)C=Cc1cncnc1. The van der Waals surface area contributed by atoms with Gasteiger partial charge in [0.15, 0.2) is 0 Å². The van der Waals surface area contributed by atoms with Crippen molar-refractivity contribution in [2.75, 3.05) is 43.9 Å². The Kier molecular flexibility index (Phi) is 8.72. The van der Waals surface area contributed by atoms with Crippen molar-refractivity contribution in [2.24, 2.45) is 0 Å². The van der Waals surface area contributed by atoms with Gasteiger partial charge in [0.05, 0.1) is 5.56 Å². The Morgan fingerprint density at radius 2 is 1.72 bits per heavy atom. The molecule has 39 heavy (non-hydrogen) atoms. The first-order valence-corrected chi connectivity index (χ1v) is 12.4. The van der Waals surface area contributed by atoms with Crippen molar-refractivity contribution in [3.63, 3.8) is 0 Å². The molecule has 4 rings (SSSR count). The number of anilines is 2. The minimum absolute atomic E-state index is 0.108. The molecule has 2 N–H and O–H groups in total. The average Bonchev–Trinajstić information content (AvgIpc) is 2.91. The molecule has 8 nitrogen and oxygen atoms in total. The number of rotatable bonds is 7. The molecule has 204 valence electrons. The van der Waals surface area contributed by atoms with E-state index in [1.54, 1.807) is 43.6 Å². The smallest absolute Gasteiger partial charge is 0.322 e. The lowest BCUT2D eigenvalue weighted by Gasteiger charge is -2.33. The Bertz CT molecular complexity index is 1350. The second-order valence-electron chi connectivity index (χ2n) is 9.43. The lowest BCUT2D eigenvalue weighted by atomic mass is 10.0. The van der Waals surface area contributed by atoms with Crippen LogP contribution in [0.25, 0.3) is 6.08 Å². The highest BCUT2D eigenvalue weighted by molar-refractivity contribution is 6.06. The van der Waals surface area contributed by atoms with E-state index in [1.165, 1.54) is 24.5 Å². The van der Waals surface area contributed by atoms with Crippen LogP contribution in [0.4, 0.5) is 24.5 Å². The van der Waals surface area contributed by atoms with Gasteiger partial charge in [0.2, 0.25) is 5.91 Å². The summed E-state index contributed by atoms with van der Waals surface area (Å²) in [6, 6.07) is 8.55. The number of alkyl halides is 3. The van der Waals surface area contributed by atoms with Crippen LogP contribution in [0, 0.1) is 6.92 Å². The maximum atomic E-state index is 13.9. The molecule has 1 aromatic heterocycles. The van der Waals surface area contributed by atoms with Crippen molar-refractivity contribution in [3.8, 4) is 0 Å². The maximum absolute atomic E-state index is 13.9. The van der Waals surface area contributed by atoms with Gasteiger partial charge in [-0.25, -0.2) is 9.97 Å². The van der Waals surface area contributed by atoms with Gasteiger partial charge >= 0.3 is 6.18 Å². The third-order valence-electron chi connectivity index (χ3n) is 6.43. The molecule has 0 bridgehead atoms. The second kappa shape index (κ2) is 12.2. The molecule has 1 aliphatic heterocycles. The van der Waals surface area contributed by atoms with Gasteiger partial charge in [-0.3, -0.25) is 14.5 Å². The fourth-order valence-electron chi connectivity index (χ4n) is 4.15. The van der Waals surface area contributed by atoms with E-state index in [0.29, 0.717) is 30.0 Å². The summed E-state index contributed by atoms with van der Waals surface area (Å²) in [4.78, 5) is 37.1. The first-order chi connectivity index (χ1) is 18.6. The minimum Gasteiger partial charge on any atom is -0.322 e. The number of amides is 2. The average molecular weight is 539 g/mol. The van der Waals surface area contributed by atoms with Crippen LogP contribution in [0.15, 0.2) is 61.2 Å². The van der Waals surface area contributed by atoms with Crippen LogP contribution in [-0.2, 0) is 17.5 Å². The van der Waals surface area contributed by atoms with Crippen molar-refractivity contribution < 1.29 is 22.8 Å². The Morgan fingerprint density at radius 1 is 1.00 bits per heavy atom. The van der Waals surface area contributed by atoms with Crippen molar-refractivity contribution >= 4 is 29.3 Å². The molecule has 1 aliphatic rings. The number of hydrogen-bond acceptors (Lipinski definition) is 6. The van der Waals surface area contributed by atoms with Gasteiger partial charge < -0.3 is 15.5 Å². The molecule has 2 amide bonds. The van der Waals surface area contributed by atoms with E-state index in [2.05, 4.69) is 25.5 Å². The number of aryl methyl sites for hydroxylation is 1. The highest BCUT2D eigenvalue weighted by Crippen LogP contribution is 2.34. The monoisotopic (exact) mass is 538 g/mol. The Balaban J connectivity index is 1.46. The van der Waals surface area contributed by atoms with Crippen LogP contribution < -0.4 is 10.6 Å². The lowest BCUT2D eigenvalue weighted by molar-refractivity contribution is -0.138. The van der Waals surface area contributed by atoms with E-state index in [4.69, 9.17) is 0 Å². The van der Waals surface area contributed by atoms with E-state index in [9.17, 15) is 22.8 Å². The third kappa shape index (κ3) is 7.71. The van der Waals surface area contributed by atoms with Crippen LogP contribution >= 0.6 is 0 Å². The molecule has 11 heteroatoms. The number of benzene rings is 2. The van der Waals surface area contributed by atoms with Crippen LogP contribution in [0.5, 0.6) is 0 Å². The van der Waals surface area contributed by atoms with E-state index >= 15 is 0 Å². The molecule has 3 aromatic rings. The van der Waals surface area contributed by atoms with Gasteiger partial charge in [-0.1, -0.05) is 12.1 Å². The van der Waals surface area contributed by atoms with Gasteiger partial charge in [-0.05, 0) is 55.4 Å². The maximum Gasteiger partial charge on any atom is 0.416 e. The molecular formula is C28H29F3N6O2. The number of carbonyl (C=O) groups is 2. The van der Waals surface area contributed by atoms with Gasteiger partial charge in [0, 0.05) is 73.7 Å². The Labute approximate surface area is 224 Å². The minimum atomic E-state index is -4.60. The van der Waals surface area contributed by atoms with Gasteiger partial charge in [-0.2, -0.15) is 13.2 Å². The molecule has 1 saturated heterocycles. The molecule has 0 radical (unpaired) electrons. The van der Waals surface area contributed by atoms with E-state index < -0.39 is 23.6 Å². The number of nitrogens with zero attached hydrogens (tertiary/aromatic N) is 4. The number of piperazine rings is 1. The number of hydrogen-bond donors (Lipinski definition) is 2. The normalized spacial score (nSPS) is 14.9. The second-order valence-corrected chi connectivity index (χ2v) is 9.43. The van der Waals surface area contributed by atoms with Crippen LogP contribution in [-0.4, -0.2) is 64.8 Å². The summed E-state index contributed by atoms with van der Waals surface area (Å²) >= 11 is 0. The molecule has 0 spiro atoms. The zero-order valence-corrected chi connectivity index (χ0v) is 21.6. The van der Waals surface area contributed by atoms with Gasteiger partial charge in [0.25, 0.3) is 5.91 Å². The van der Waals surface area contributed by atoms with Crippen molar-refractivity contribution in [3.05, 3.63) is 89.0 Å². The first-order valence-electron chi connectivity index (χ1n) is 12.4. The fraction of sp³-hybridized carbons (Fsp3) is 0.286. The van der Waals surface area contributed by atoms with Crippen LogP contribution in [0.2, 0.25) is 0 Å². The quantitative estimate of drug-likeness (QED) is 0.432. The number of likely N-dealkylation sites (N-methyl/N-ethyl adjacent to an activating group) is 1. The largest absolute Gasteiger partial charge is 0.416 e. The zero-order chi connectivity index (χ0) is 28.0. The number of halogens is 3. The molecular weight excluding hydrogens is 509 g/mol. The molecule has 2 heterocycles. The number of aromatic nitrogens is 2. The third-order valence-corrected chi connectivity index (χ3v) is 6.43. The van der Waals surface area contributed by atoms with E-state index in [0.717, 1.165) is 24.7 Å². The summed E-state index contributed by atoms with van der Waals surface area (Å²) in [5.41, 5.74) is 1.38. The summed E-state index contributed by atoms with van der Waals surface area (Å²) in [6.45, 7) is 4.89. The van der Waals surface area contributed by atoms with Crippen LogP contribution in [0.1, 0.15) is 32.6 Å². The molecule has 0 unspecified atom stereocenters. The Hall–Kier alpha value is -4.09. The van der Waals surface area contributed by atoms with Crippen LogP contribution in [0.3, 0.4) is 0 Å². The summed E-state index contributed by atoms with van der Waals surface area (Å²) in [5, 5.41) is 5.37. The number of nitrogens with one attached hydrogen (secondary N) is 2. The fourth-order valence-corrected chi connectivity index (χ4v) is 4.15. The summed E-state index contributed by atoms with van der Waals surface area (Å²) in [7, 11) is 1.98.